The summed E-state index contributed by atoms with van der Waals surface area (Å²) in [6, 6.07) is 14.9. The van der Waals surface area contributed by atoms with Crippen LogP contribution in [0, 0.1) is 5.41 Å². The largest absolute Gasteiger partial charge is 0.338 e. The Morgan fingerprint density at radius 3 is 2.41 bits per heavy atom. The summed E-state index contributed by atoms with van der Waals surface area (Å²) < 4.78 is 0. The zero-order valence-electron chi connectivity index (χ0n) is 16.4. The van der Waals surface area contributed by atoms with E-state index in [0.717, 1.165) is 37.8 Å². The molecular weight excluding hydrogens is 334 g/mol. The van der Waals surface area contributed by atoms with E-state index in [1.54, 1.807) is 6.20 Å². The van der Waals surface area contributed by atoms with Crippen molar-refractivity contribution in [2.24, 2.45) is 5.41 Å². The maximum absolute atomic E-state index is 12.7. The van der Waals surface area contributed by atoms with E-state index in [-0.39, 0.29) is 11.0 Å². The van der Waals surface area contributed by atoms with Crippen LogP contribution in [0.2, 0.25) is 0 Å². The Balaban J connectivity index is 1.49. The average molecular weight is 364 g/mol. The molecule has 4 rings (SSSR count). The van der Waals surface area contributed by atoms with E-state index in [4.69, 9.17) is 0 Å². The maximum atomic E-state index is 12.7. The van der Waals surface area contributed by atoms with Gasteiger partial charge in [0.25, 0.3) is 0 Å². The molecule has 27 heavy (non-hydrogen) atoms. The minimum Gasteiger partial charge on any atom is -0.338 e. The van der Waals surface area contributed by atoms with Gasteiger partial charge in [-0.15, -0.1) is 0 Å². The topological polar surface area (TPSA) is 36.4 Å². The zero-order valence-corrected chi connectivity index (χ0v) is 16.4. The van der Waals surface area contributed by atoms with Gasteiger partial charge in [0.2, 0.25) is 5.91 Å². The number of benzene rings is 1. The lowest BCUT2D eigenvalue weighted by Crippen LogP contribution is -2.47. The highest BCUT2D eigenvalue weighted by Crippen LogP contribution is 2.52. The SMILES string of the molecule is CN(C)[C@]1(c2ccccc2)CC[C@@]2(CC1)CC(=O)N(Cc1cccnc1)C2. The van der Waals surface area contributed by atoms with Crippen LogP contribution in [0.3, 0.4) is 0 Å². The molecule has 1 aliphatic carbocycles. The summed E-state index contributed by atoms with van der Waals surface area (Å²) in [6.45, 7) is 1.57. The number of carbonyl (C=O) groups excluding carboxylic acids is 1. The van der Waals surface area contributed by atoms with Crippen LogP contribution in [0.5, 0.6) is 0 Å². The second kappa shape index (κ2) is 7.08. The normalized spacial score (nSPS) is 28.3. The van der Waals surface area contributed by atoms with E-state index in [0.29, 0.717) is 18.9 Å². The smallest absolute Gasteiger partial charge is 0.223 e. The van der Waals surface area contributed by atoms with Gasteiger partial charge in [-0.1, -0.05) is 36.4 Å². The Bertz CT molecular complexity index is 780. The molecule has 1 spiro atoms. The molecule has 1 saturated heterocycles. The zero-order chi connectivity index (χ0) is 18.9. The van der Waals surface area contributed by atoms with Gasteiger partial charge in [-0.2, -0.15) is 0 Å². The first-order chi connectivity index (χ1) is 13.0. The number of rotatable bonds is 4. The van der Waals surface area contributed by atoms with E-state index in [2.05, 4.69) is 60.4 Å². The Morgan fingerprint density at radius 1 is 1.04 bits per heavy atom. The Hall–Kier alpha value is -2.20. The molecule has 2 aliphatic rings. The molecule has 0 atom stereocenters. The van der Waals surface area contributed by atoms with E-state index in [1.165, 1.54) is 5.56 Å². The van der Waals surface area contributed by atoms with Crippen molar-refractivity contribution in [3.05, 3.63) is 66.0 Å². The van der Waals surface area contributed by atoms with E-state index >= 15 is 0 Å². The number of aromatic nitrogens is 1. The fourth-order valence-corrected chi connectivity index (χ4v) is 5.11. The molecule has 4 nitrogen and oxygen atoms in total. The van der Waals surface area contributed by atoms with Gasteiger partial charge in [-0.25, -0.2) is 0 Å². The molecule has 0 radical (unpaired) electrons. The molecule has 2 aromatic rings. The van der Waals surface area contributed by atoms with Gasteiger partial charge in [0.15, 0.2) is 0 Å². The predicted octanol–water partition coefficient (Wildman–Crippen LogP) is 3.83. The van der Waals surface area contributed by atoms with Gasteiger partial charge >= 0.3 is 0 Å². The Morgan fingerprint density at radius 2 is 1.78 bits per heavy atom. The summed E-state index contributed by atoms with van der Waals surface area (Å²) >= 11 is 0. The standard InChI is InChI=1S/C23H29N3O/c1-25(2)23(20-8-4-3-5-9-20)12-10-22(11-13-23)15-21(27)26(18-22)17-19-7-6-14-24-16-19/h3-9,14,16H,10-13,15,17-18H2,1-2H3/t22-,23-. The summed E-state index contributed by atoms with van der Waals surface area (Å²) in [4.78, 5) is 21.3. The van der Waals surface area contributed by atoms with Crippen LogP contribution in [0.4, 0.5) is 0 Å². The molecule has 1 aromatic carbocycles. The monoisotopic (exact) mass is 363 g/mol. The molecule has 142 valence electrons. The lowest BCUT2D eigenvalue weighted by atomic mass is 9.64. The van der Waals surface area contributed by atoms with Crippen LogP contribution in [-0.4, -0.2) is 41.3 Å². The van der Waals surface area contributed by atoms with Crippen LogP contribution in [0.1, 0.15) is 43.2 Å². The average Bonchev–Trinajstić information content (AvgIpc) is 2.99. The molecule has 4 heteroatoms. The molecular formula is C23H29N3O. The highest BCUT2D eigenvalue weighted by molar-refractivity contribution is 5.79. The van der Waals surface area contributed by atoms with Crippen LogP contribution in [0.15, 0.2) is 54.9 Å². The minimum absolute atomic E-state index is 0.0896. The molecule has 2 heterocycles. The van der Waals surface area contributed by atoms with Crippen molar-refractivity contribution in [3.63, 3.8) is 0 Å². The third-order valence-corrected chi connectivity index (χ3v) is 6.81. The first-order valence-electron chi connectivity index (χ1n) is 9.93. The first-order valence-corrected chi connectivity index (χ1v) is 9.93. The minimum atomic E-state index is 0.0896. The molecule has 1 aromatic heterocycles. The molecule has 1 aliphatic heterocycles. The molecule has 1 saturated carbocycles. The van der Waals surface area contributed by atoms with Gasteiger partial charge < -0.3 is 4.90 Å². The highest BCUT2D eigenvalue weighted by atomic mass is 16.2. The third-order valence-electron chi connectivity index (χ3n) is 6.81. The lowest BCUT2D eigenvalue weighted by molar-refractivity contribution is -0.128. The lowest BCUT2D eigenvalue weighted by Gasteiger charge is -2.48. The number of hydrogen-bond donors (Lipinski definition) is 0. The van der Waals surface area contributed by atoms with Gasteiger partial charge in [-0.05, 0) is 62.4 Å². The van der Waals surface area contributed by atoms with Gasteiger partial charge in [-0.3, -0.25) is 14.7 Å². The van der Waals surface area contributed by atoms with Crippen molar-refractivity contribution >= 4 is 5.91 Å². The Labute approximate surface area is 162 Å². The summed E-state index contributed by atoms with van der Waals surface area (Å²) in [7, 11) is 4.39. The van der Waals surface area contributed by atoms with E-state index in [9.17, 15) is 4.79 Å². The molecule has 1 amide bonds. The van der Waals surface area contributed by atoms with Crippen LogP contribution < -0.4 is 0 Å². The summed E-state index contributed by atoms with van der Waals surface area (Å²) in [5.74, 6) is 0.302. The third kappa shape index (κ3) is 3.39. The fourth-order valence-electron chi connectivity index (χ4n) is 5.11. The Kier molecular flexibility index (Phi) is 4.77. The number of carbonyl (C=O) groups is 1. The number of amides is 1. The number of pyridine rings is 1. The van der Waals surface area contributed by atoms with E-state index in [1.807, 2.05) is 17.2 Å². The van der Waals surface area contributed by atoms with Crippen molar-refractivity contribution in [1.82, 2.24) is 14.8 Å². The summed E-state index contributed by atoms with van der Waals surface area (Å²) in [5, 5.41) is 0. The summed E-state index contributed by atoms with van der Waals surface area (Å²) in [6.07, 6.45) is 8.78. The molecule has 0 N–H and O–H groups in total. The second-order valence-corrected chi connectivity index (χ2v) is 8.58. The molecule has 0 unspecified atom stereocenters. The van der Waals surface area contributed by atoms with Crippen molar-refractivity contribution in [1.29, 1.82) is 0 Å². The second-order valence-electron chi connectivity index (χ2n) is 8.58. The fraction of sp³-hybridized carbons (Fsp3) is 0.478. The quantitative estimate of drug-likeness (QED) is 0.828. The molecule has 0 bridgehead atoms. The van der Waals surface area contributed by atoms with Gasteiger partial charge in [0, 0.05) is 37.4 Å². The van der Waals surface area contributed by atoms with Crippen LogP contribution >= 0.6 is 0 Å². The van der Waals surface area contributed by atoms with Gasteiger partial charge in [0.05, 0.1) is 0 Å². The maximum Gasteiger partial charge on any atom is 0.223 e. The highest BCUT2D eigenvalue weighted by Gasteiger charge is 2.50. The van der Waals surface area contributed by atoms with Gasteiger partial charge in [0.1, 0.15) is 0 Å². The van der Waals surface area contributed by atoms with Crippen molar-refractivity contribution in [3.8, 4) is 0 Å². The van der Waals surface area contributed by atoms with Crippen molar-refractivity contribution in [2.45, 2.75) is 44.2 Å². The predicted molar refractivity (Wildman–Crippen MR) is 107 cm³/mol. The number of likely N-dealkylation sites (tertiary alicyclic amines) is 1. The number of nitrogens with zero attached hydrogens (tertiary/aromatic N) is 3. The summed E-state index contributed by atoms with van der Waals surface area (Å²) in [5.41, 5.74) is 2.76. The van der Waals surface area contributed by atoms with Crippen molar-refractivity contribution in [2.75, 3.05) is 20.6 Å². The number of hydrogen-bond acceptors (Lipinski definition) is 3. The van der Waals surface area contributed by atoms with Crippen molar-refractivity contribution < 1.29 is 4.79 Å². The van der Waals surface area contributed by atoms with Crippen LogP contribution in [0.25, 0.3) is 0 Å². The first kappa shape index (κ1) is 18.2. The molecule has 2 fully saturated rings. The van der Waals surface area contributed by atoms with Crippen LogP contribution in [-0.2, 0) is 16.9 Å². The van der Waals surface area contributed by atoms with E-state index < -0.39 is 0 Å².